The molecule has 2 aromatic rings. The molecule has 0 fully saturated rings. The molecule has 0 saturated carbocycles. The van der Waals surface area contributed by atoms with Gasteiger partial charge in [0.15, 0.2) is 0 Å². The number of hydrogen-bond donors (Lipinski definition) is 0. The fourth-order valence-corrected chi connectivity index (χ4v) is 4.19. The Morgan fingerprint density at radius 3 is 1.79 bits per heavy atom. The van der Waals surface area contributed by atoms with E-state index in [2.05, 4.69) is 62.4 Å². The van der Waals surface area contributed by atoms with E-state index in [4.69, 9.17) is 4.74 Å². The highest BCUT2D eigenvalue weighted by atomic mass is 32.2. The minimum Gasteiger partial charge on any atom is -0.494 e. The van der Waals surface area contributed by atoms with Gasteiger partial charge in [-0.05, 0) is 54.0 Å². The lowest BCUT2D eigenvalue weighted by atomic mass is 10.1. The molecule has 0 amide bonds. The second kappa shape index (κ2) is 14.6. The van der Waals surface area contributed by atoms with Crippen LogP contribution in [-0.2, 0) is 0 Å². The highest BCUT2D eigenvalue weighted by Crippen LogP contribution is 2.26. The van der Waals surface area contributed by atoms with Gasteiger partial charge in [0, 0.05) is 4.90 Å². The Labute approximate surface area is 177 Å². The van der Waals surface area contributed by atoms with Crippen LogP contribution < -0.4 is 4.74 Å². The molecule has 2 rings (SSSR count). The third-order valence-electron chi connectivity index (χ3n) is 5.08. The van der Waals surface area contributed by atoms with Crippen molar-refractivity contribution in [2.24, 2.45) is 0 Å². The lowest BCUT2D eigenvalue weighted by Gasteiger charge is -2.08. The minimum absolute atomic E-state index is 0.817. The zero-order chi connectivity index (χ0) is 19.9. The van der Waals surface area contributed by atoms with Crippen LogP contribution in [-0.4, -0.2) is 12.4 Å². The van der Waals surface area contributed by atoms with Gasteiger partial charge in [-0.1, -0.05) is 89.5 Å². The number of unbranched alkanes of at least 4 members (excludes halogenated alkanes) is 8. The van der Waals surface area contributed by atoms with Crippen LogP contribution in [0, 0.1) is 0 Å². The first-order valence-electron chi connectivity index (χ1n) is 11.3. The van der Waals surface area contributed by atoms with E-state index < -0.39 is 0 Å². The summed E-state index contributed by atoms with van der Waals surface area (Å²) >= 11 is 1.99. The maximum Gasteiger partial charge on any atom is 0.119 e. The summed E-state index contributed by atoms with van der Waals surface area (Å²) in [6.45, 7) is 5.31. The largest absolute Gasteiger partial charge is 0.494 e. The van der Waals surface area contributed by atoms with E-state index in [0.29, 0.717) is 0 Å². The smallest absolute Gasteiger partial charge is 0.119 e. The van der Waals surface area contributed by atoms with Crippen LogP contribution in [0.25, 0.3) is 11.1 Å². The monoisotopic (exact) mass is 398 g/mol. The Kier molecular flexibility index (Phi) is 11.9. The molecule has 2 heteroatoms. The molecule has 0 bridgehead atoms. The molecule has 0 N–H and O–H groups in total. The van der Waals surface area contributed by atoms with Crippen molar-refractivity contribution >= 4 is 11.8 Å². The van der Waals surface area contributed by atoms with Crippen LogP contribution in [0.1, 0.15) is 78.1 Å². The predicted molar refractivity (Wildman–Crippen MR) is 126 cm³/mol. The van der Waals surface area contributed by atoms with Gasteiger partial charge in [-0.25, -0.2) is 0 Å². The van der Waals surface area contributed by atoms with Gasteiger partial charge in [-0.15, -0.1) is 11.8 Å². The average Bonchev–Trinajstić information content (AvgIpc) is 2.74. The van der Waals surface area contributed by atoms with Gasteiger partial charge in [0.2, 0.25) is 0 Å². The maximum absolute atomic E-state index is 5.81. The van der Waals surface area contributed by atoms with Crippen molar-refractivity contribution in [2.45, 2.75) is 83.0 Å². The predicted octanol–water partition coefficient (Wildman–Crippen LogP) is 8.77. The summed E-state index contributed by atoms with van der Waals surface area (Å²) < 4.78 is 5.81. The molecular formula is C26H38OS. The Morgan fingerprint density at radius 2 is 1.14 bits per heavy atom. The fraction of sp³-hybridized carbons (Fsp3) is 0.538. The molecule has 0 radical (unpaired) electrons. The molecule has 2 aromatic carbocycles. The molecule has 0 aliphatic carbocycles. The van der Waals surface area contributed by atoms with E-state index in [1.165, 1.54) is 79.6 Å². The third-order valence-corrected chi connectivity index (χ3v) is 6.17. The molecule has 28 heavy (non-hydrogen) atoms. The van der Waals surface area contributed by atoms with Crippen molar-refractivity contribution in [3.8, 4) is 16.9 Å². The number of hydrogen-bond acceptors (Lipinski definition) is 2. The zero-order valence-corrected chi connectivity index (χ0v) is 18.7. The Morgan fingerprint density at radius 1 is 0.607 bits per heavy atom. The number of rotatable bonds is 15. The molecule has 0 aliphatic heterocycles. The van der Waals surface area contributed by atoms with Crippen molar-refractivity contribution in [1.82, 2.24) is 0 Å². The molecule has 154 valence electrons. The van der Waals surface area contributed by atoms with E-state index in [-0.39, 0.29) is 0 Å². The van der Waals surface area contributed by atoms with Gasteiger partial charge in [0.1, 0.15) is 5.75 Å². The molecule has 0 spiro atoms. The van der Waals surface area contributed by atoms with Crippen LogP contribution >= 0.6 is 11.8 Å². The van der Waals surface area contributed by atoms with Crippen molar-refractivity contribution in [3.05, 3.63) is 48.5 Å². The third kappa shape index (κ3) is 9.19. The quantitative estimate of drug-likeness (QED) is 0.219. The molecule has 0 aromatic heterocycles. The molecule has 0 aliphatic rings. The molecule has 1 nitrogen and oxygen atoms in total. The summed E-state index contributed by atoms with van der Waals surface area (Å²) in [6.07, 6.45) is 13.3. The Balaban J connectivity index is 1.68. The van der Waals surface area contributed by atoms with Gasteiger partial charge in [-0.3, -0.25) is 0 Å². The van der Waals surface area contributed by atoms with E-state index in [0.717, 1.165) is 18.8 Å². The SMILES string of the molecule is CCCCCCCCCSc1ccc(-c2ccc(OCCCCC)cc2)cc1. The lowest BCUT2D eigenvalue weighted by Crippen LogP contribution is -1.96. The van der Waals surface area contributed by atoms with Crippen LogP contribution in [0.3, 0.4) is 0 Å². The summed E-state index contributed by atoms with van der Waals surface area (Å²) in [5.41, 5.74) is 2.53. The fourth-order valence-electron chi connectivity index (χ4n) is 3.28. The second-order valence-corrected chi connectivity index (χ2v) is 8.74. The highest BCUT2D eigenvalue weighted by molar-refractivity contribution is 7.99. The topological polar surface area (TPSA) is 9.23 Å². The second-order valence-electron chi connectivity index (χ2n) is 7.57. The minimum atomic E-state index is 0.817. The van der Waals surface area contributed by atoms with Crippen LogP contribution in [0.2, 0.25) is 0 Å². The maximum atomic E-state index is 5.81. The van der Waals surface area contributed by atoms with E-state index in [1.54, 1.807) is 0 Å². The lowest BCUT2D eigenvalue weighted by molar-refractivity contribution is 0.306. The van der Waals surface area contributed by atoms with Crippen LogP contribution in [0.5, 0.6) is 5.75 Å². The Bertz CT molecular complexity index is 618. The molecular weight excluding hydrogens is 360 g/mol. The van der Waals surface area contributed by atoms with Gasteiger partial charge < -0.3 is 4.74 Å². The number of thioether (sulfide) groups is 1. The summed E-state index contributed by atoms with van der Waals surface area (Å²) in [7, 11) is 0. The summed E-state index contributed by atoms with van der Waals surface area (Å²) in [4.78, 5) is 1.38. The summed E-state index contributed by atoms with van der Waals surface area (Å²) in [5, 5.41) is 0. The van der Waals surface area contributed by atoms with E-state index in [9.17, 15) is 0 Å². The summed E-state index contributed by atoms with van der Waals surface area (Å²) in [6, 6.07) is 17.5. The molecule has 0 atom stereocenters. The first kappa shape index (κ1) is 22.9. The number of benzene rings is 2. The number of ether oxygens (including phenoxy) is 1. The van der Waals surface area contributed by atoms with Crippen LogP contribution in [0.4, 0.5) is 0 Å². The molecule has 0 heterocycles. The van der Waals surface area contributed by atoms with E-state index >= 15 is 0 Å². The average molecular weight is 399 g/mol. The van der Waals surface area contributed by atoms with Crippen molar-refractivity contribution in [1.29, 1.82) is 0 Å². The Hall–Kier alpha value is -1.41. The van der Waals surface area contributed by atoms with Crippen LogP contribution in [0.15, 0.2) is 53.4 Å². The van der Waals surface area contributed by atoms with E-state index in [1.807, 2.05) is 11.8 Å². The molecule has 0 saturated heterocycles. The van der Waals surface area contributed by atoms with Gasteiger partial charge in [0.25, 0.3) is 0 Å². The van der Waals surface area contributed by atoms with Crippen molar-refractivity contribution in [3.63, 3.8) is 0 Å². The zero-order valence-electron chi connectivity index (χ0n) is 17.9. The standard InChI is InChI=1S/C26H38OS/c1-3-5-7-8-9-10-12-22-28-26-19-15-24(16-20-26)23-13-17-25(18-14-23)27-21-11-6-4-2/h13-20H,3-12,21-22H2,1-2H3. The first-order chi connectivity index (χ1) is 13.8. The first-order valence-corrected chi connectivity index (χ1v) is 12.3. The van der Waals surface area contributed by atoms with Gasteiger partial charge in [0.05, 0.1) is 6.61 Å². The normalized spacial score (nSPS) is 10.9. The van der Waals surface area contributed by atoms with Gasteiger partial charge >= 0.3 is 0 Å². The van der Waals surface area contributed by atoms with Crippen molar-refractivity contribution < 1.29 is 4.74 Å². The van der Waals surface area contributed by atoms with Gasteiger partial charge in [-0.2, -0.15) is 0 Å². The summed E-state index contributed by atoms with van der Waals surface area (Å²) in [5.74, 6) is 2.21. The van der Waals surface area contributed by atoms with Crippen molar-refractivity contribution in [2.75, 3.05) is 12.4 Å². The molecule has 0 unspecified atom stereocenters. The highest BCUT2D eigenvalue weighted by Gasteiger charge is 2.01.